The Bertz CT molecular complexity index is 710. The molecule has 2 aliphatic rings. The lowest BCUT2D eigenvalue weighted by molar-refractivity contribution is -0.130. The van der Waals surface area contributed by atoms with Gasteiger partial charge >= 0.3 is 0 Å². The average Bonchev–Trinajstić information content (AvgIpc) is 3.29. The van der Waals surface area contributed by atoms with E-state index in [1.807, 2.05) is 17.0 Å². The molecule has 0 bridgehead atoms. The van der Waals surface area contributed by atoms with E-state index in [2.05, 4.69) is 29.4 Å². The number of rotatable bonds is 4. The molecule has 5 heteroatoms. The summed E-state index contributed by atoms with van der Waals surface area (Å²) in [7, 11) is 0. The Balaban J connectivity index is 1.33. The van der Waals surface area contributed by atoms with E-state index in [9.17, 15) is 4.79 Å². The highest BCUT2D eigenvalue weighted by atomic mass is 16.4. The van der Waals surface area contributed by atoms with Gasteiger partial charge in [0.15, 0.2) is 11.7 Å². The van der Waals surface area contributed by atoms with Gasteiger partial charge in [0.1, 0.15) is 0 Å². The molecule has 3 heterocycles. The number of amides is 1. The summed E-state index contributed by atoms with van der Waals surface area (Å²) < 4.78 is 5.81. The summed E-state index contributed by atoms with van der Waals surface area (Å²) in [5.41, 5.74) is 2.24. The van der Waals surface area contributed by atoms with Crippen LogP contribution in [0.1, 0.15) is 17.9 Å². The molecule has 1 amide bonds. The van der Waals surface area contributed by atoms with Crippen molar-refractivity contribution in [3.05, 3.63) is 41.9 Å². The van der Waals surface area contributed by atoms with Gasteiger partial charge in [-0.3, -0.25) is 4.79 Å². The second kappa shape index (κ2) is 6.40. The number of oxazole rings is 1. The van der Waals surface area contributed by atoms with Crippen LogP contribution in [0, 0.1) is 18.8 Å². The van der Waals surface area contributed by atoms with E-state index in [1.165, 1.54) is 5.56 Å². The molecule has 0 unspecified atom stereocenters. The van der Waals surface area contributed by atoms with Crippen LogP contribution in [-0.4, -0.2) is 42.0 Å². The van der Waals surface area contributed by atoms with E-state index in [0.717, 1.165) is 37.5 Å². The zero-order chi connectivity index (χ0) is 16.5. The van der Waals surface area contributed by atoms with E-state index in [-0.39, 0.29) is 5.91 Å². The van der Waals surface area contributed by atoms with Crippen molar-refractivity contribution in [3.63, 3.8) is 0 Å². The number of hydrogen-bond acceptors (Lipinski definition) is 4. The molecule has 2 fully saturated rings. The number of nitrogens with one attached hydrogen (secondary N) is 1. The standard InChI is InChI=1S/C19H23N3O2/c1-13-2-4-14(5-3-13)17-10-21-18(24-17)6-7-19(23)22-11-15-8-20-9-16(15)12-22/h2-5,10,15-16,20H,6-9,11-12H2,1H3/t15-,16+. The van der Waals surface area contributed by atoms with Gasteiger partial charge in [-0.2, -0.15) is 0 Å². The number of aromatic nitrogens is 1. The maximum Gasteiger partial charge on any atom is 0.223 e. The quantitative estimate of drug-likeness (QED) is 0.937. The van der Waals surface area contributed by atoms with Crippen LogP contribution in [0.2, 0.25) is 0 Å². The van der Waals surface area contributed by atoms with Crippen LogP contribution in [0.15, 0.2) is 34.9 Å². The first-order valence-electron chi connectivity index (χ1n) is 8.69. The van der Waals surface area contributed by atoms with Gasteiger partial charge in [0.2, 0.25) is 5.91 Å². The highest BCUT2D eigenvalue weighted by Crippen LogP contribution is 2.27. The SMILES string of the molecule is Cc1ccc(-c2cnc(CCC(=O)N3C[C@H]4CNC[C@H]4C3)o2)cc1. The Morgan fingerprint density at radius 1 is 1.25 bits per heavy atom. The van der Waals surface area contributed by atoms with Crippen molar-refractivity contribution in [1.82, 2.24) is 15.2 Å². The monoisotopic (exact) mass is 325 g/mol. The van der Waals surface area contributed by atoms with Crippen molar-refractivity contribution in [2.45, 2.75) is 19.8 Å². The van der Waals surface area contributed by atoms with Crippen LogP contribution in [0.5, 0.6) is 0 Å². The number of nitrogens with zero attached hydrogens (tertiary/aromatic N) is 2. The first kappa shape index (κ1) is 15.4. The van der Waals surface area contributed by atoms with E-state index in [0.29, 0.717) is 30.6 Å². The minimum absolute atomic E-state index is 0.222. The van der Waals surface area contributed by atoms with Gasteiger partial charge in [-0.25, -0.2) is 4.98 Å². The number of aryl methyl sites for hydroxylation is 2. The Morgan fingerprint density at radius 2 is 1.96 bits per heavy atom. The molecular formula is C19H23N3O2. The van der Waals surface area contributed by atoms with Gasteiger partial charge in [0.25, 0.3) is 0 Å². The average molecular weight is 325 g/mol. The lowest BCUT2D eigenvalue weighted by Crippen LogP contribution is -2.32. The molecule has 0 spiro atoms. The third-order valence-corrected chi connectivity index (χ3v) is 5.18. The molecular weight excluding hydrogens is 302 g/mol. The summed E-state index contributed by atoms with van der Waals surface area (Å²) in [6, 6.07) is 8.17. The van der Waals surface area contributed by atoms with Gasteiger partial charge in [0.05, 0.1) is 6.20 Å². The molecule has 1 aromatic carbocycles. The van der Waals surface area contributed by atoms with Crippen molar-refractivity contribution in [3.8, 4) is 11.3 Å². The smallest absolute Gasteiger partial charge is 0.223 e. The zero-order valence-corrected chi connectivity index (χ0v) is 14.0. The fourth-order valence-corrected chi connectivity index (χ4v) is 3.71. The molecule has 2 aromatic rings. The van der Waals surface area contributed by atoms with E-state index >= 15 is 0 Å². The van der Waals surface area contributed by atoms with Crippen molar-refractivity contribution in [1.29, 1.82) is 0 Å². The number of likely N-dealkylation sites (tertiary alicyclic amines) is 1. The normalized spacial score (nSPS) is 22.8. The Hall–Kier alpha value is -2.14. The van der Waals surface area contributed by atoms with Crippen molar-refractivity contribution in [2.24, 2.45) is 11.8 Å². The van der Waals surface area contributed by atoms with Crippen molar-refractivity contribution in [2.75, 3.05) is 26.2 Å². The number of benzene rings is 1. The van der Waals surface area contributed by atoms with Gasteiger partial charge < -0.3 is 14.6 Å². The minimum Gasteiger partial charge on any atom is -0.441 e. The van der Waals surface area contributed by atoms with Crippen LogP contribution in [0.4, 0.5) is 0 Å². The Morgan fingerprint density at radius 3 is 2.67 bits per heavy atom. The molecule has 4 rings (SSSR count). The van der Waals surface area contributed by atoms with Crippen LogP contribution >= 0.6 is 0 Å². The van der Waals surface area contributed by atoms with Crippen LogP contribution in [-0.2, 0) is 11.2 Å². The maximum atomic E-state index is 12.4. The first-order chi connectivity index (χ1) is 11.7. The molecule has 2 atom stereocenters. The van der Waals surface area contributed by atoms with Crippen molar-refractivity contribution >= 4 is 5.91 Å². The molecule has 1 N–H and O–H groups in total. The lowest BCUT2D eigenvalue weighted by Gasteiger charge is -2.16. The first-order valence-corrected chi connectivity index (χ1v) is 8.69. The van der Waals surface area contributed by atoms with Gasteiger partial charge in [-0.05, 0) is 18.8 Å². The minimum atomic E-state index is 0.222. The largest absolute Gasteiger partial charge is 0.441 e. The predicted molar refractivity (Wildman–Crippen MR) is 91.4 cm³/mol. The molecule has 1 aromatic heterocycles. The maximum absolute atomic E-state index is 12.4. The highest BCUT2D eigenvalue weighted by Gasteiger charge is 2.37. The van der Waals surface area contributed by atoms with Crippen LogP contribution in [0.25, 0.3) is 11.3 Å². The number of carbonyl (C=O) groups excluding carboxylic acids is 1. The molecule has 24 heavy (non-hydrogen) atoms. The summed E-state index contributed by atoms with van der Waals surface area (Å²) >= 11 is 0. The number of fused-ring (bicyclic) bond motifs is 1. The third-order valence-electron chi connectivity index (χ3n) is 5.18. The molecule has 0 aliphatic carbocycles. The summed E-state index contributed by atoms with van der Waals surface area (Å²) in [5, 5.41) is 3.40. The molecule has 126 valence electrons. The van der Waals surface area contributed by atoms with Crippen LogP contribution < -0.4 is 5.32 Å². The second-order valence-electron chi connectivity index (χ2n) is 6.96. The highest BCUT2D eigenvalue weighted by molar-refractivity contribution is 5.76. The van der Waals surface area contributed by atoms with Crippen LogP contribution in [0.3, 0.4) is 0 Å². The topological polar surface area (TPSA) is 58.4 Å². The van der Waals surface area contributed by atoms with E-state index in [4.69, 9.17) is 4.42 Å². The molecule has 0 saturated carbocycles. The summed E-state index contributed by atoms with van der Waals surface area (Å²) in [5.74, 6) is 2.91. The van der Waals surface area contributed by atoms with Crippen molar-refractivity contribution < 1.29 is 9.21 Å². The van der Waals surface area contributed by atoms with Gasteiger partial charge in [-0.1, -0.05) is 29.8 Å². The zero-order valence-electron chi connectivity index (χ0n) is 14.0. The molecule has 2 saturated heterocycles. The van der Waals surface area contributed by atoms with Gasteiger partial charge in [0, 0.05) is 44.6 Å². The van der Waals surface area contributed by atoms with Gasteiger partial charge in [-0.15, -0.1) is 0 Å². The number of carbonyl (C=O) groups is 1. The summed E-state index contributed by atoms with van der Waals surface area (Å²) in [4.78, 5) is 18.7. The Kier molecular flexibility index (Phi) is 4.10. The summed E-state index contributed by atoms with van der Waals surface area (Å²) in [6.45, 7) is 5.96. The number of hydrogen-bond donors (Lipinski definition) is 1. The Labute approximate surface area is 142 Å². The lowest BCUT2D eigenvalue weighted by atomic mass is 10.0. The van der Waals surface area contributed by atoms with E-state index < -0.39 is 0 Å². The predicted octanol–water partition coefficient (Wildman–Crippen LogP) is 2.26. The van der Waals surface area contributed by atoms with E-state index in [1.54, 1.807) is 6.20 Å². The summed E-state index contributed by atoms with van der Waals surface area (Å²) in [6.07, 6.45) is 2.78. The fourth-order valence-electron chi connectivity index (χ4n) is 3.71. The molecule has 2 aliphatic heterocycles. The second-order valence-corrected chi connectivity index (χ2v) is 6.96. The molecule has 5 nitrogen and oxygen atoms in total. The molecule has 0 radical (unpaired) electrons. The third kappa shape index (κ3) is 3.08. The fraction of sp³-hybridized carbons (Fsp3) is 0.474.